The second-order valence-electron chi connectivity index (χ2n) is 5.94. The molecule has 0 saturated carbocycles. The molecule has 0 fully saturated rings. The third-order valence-electron chi connectivity index (χ3n) is 3.87. The Morgan fingerprint density at radius 1 is 1.35 bits per heavy atom. The normalized spacial score (nSPS) is 13.6. The van der Waals surface area contributed by atoms with Crippen LogP contribution < -0.4 is 5.73 Å². The van der Waals surface area contributed by atoms with Gasteiger partial charge in [0.1, 0.15) is 0 Å². The fourth-order valence-electron chi connectivity index (χ4n) is 2.36. The summed E-state index contributed by atoms with van der Waals surface area (Å²) < 4.78 is 0. The van der Waals surface area contributed by atoms with E-state index in [9.17, 15) is 0 Å². The number of H-pyrrole nitrogens is 1. The lowest BCUT2D eigenvalue weighted by molar-refractivity contribution is 0.297. The molecular weight excluding hydrogens is 270 g/mol. The number of aromatic amines is 1. The van der Waals surface area contributed by atoms with Crippen LogP contribution in [0.5, 0.6) is 0 Å². The molecular formula is C16H24ClN3. The number of halogens is 1. The molecule has 0 aliphatic heterocycles. The van der Waals surface area contributed by atoms with Crippen molar-refractivity contribution >= 4 is 22.5 Å². The van der Waals surface area contributed by atoms with Gasteiger partial charge in [-0.25, -0.2) is 0 Å². The zero-order valence-electron chi connectivity index (χ0n) is 12.5. The van der Waals surface area contributed by atoms with Crippen LogP contribution in [0.1, 0.15) is 25.8 Å². The number of nitrogens with one attached hydrogen (secondary N) is 1. The summed E-state index contributed by atoms with van der Waals surface area (Å²) in [5.74, 6) is 0.540. The summed E-state index contributed by atoms with van der Waals surface area (Å²) >= 11 is 6.00. The van der Waals surface area contributed by atoms with E-state index < -0.39 is 0 Å². The van der Waals surface area contributed by atoms with Crippen LogP contribution in [-0.4, -0.2) is 29.5 Å². The van der Waals surface area contributed by atoms with Gasteiger partial charge in [0.2, 0.25) is 0 Å². The summed E-state index contributed by atoms with van der Waals surface area (Å²) in [5, 5.41) is 2.01. The van der Waals surface area contributed by atoms with Crippen LogP contribution in [0.3, 0.4) is 0 Å². The summed E-state index contributed by atoms with van der Waals surface area (Å²) in [6.45, 7) is 6.29. The van der Waals surface area contributed by atoms with E-state index in [0.717, 1.165) is 30.0 Å². The van der Waals surface area contributed by atoms with Crippen LogP contribution in [0.4, 0.5) is 0 Å². The molecule has 0 aliphatic carbocycles. The Kier molecular flexibility index (Phi) is 5.08. The molecule has 0 spiro atoms. The number of hydrogen-bond acceptors (Lipinski definition) is 2. The maximum atomic E-state index is 6.10. The number of aromatic nitrogens is 1. The van der Waals surface area contributed by atoms with E-state index >= 15 is 0 Å². The second kappa shape index (κ2) is 6.61. The first-order chi connectivity index (χ1) is 9.47. The van der Waals surface area contributed by atoms with Crippen LogP contribution in [0.25, 0.3) is 10.9 Å². The predicted octanol–water partition coefficient (Wildman–Crippen LogP) is 3.63. The van der Waals surface area contributed by atoms with Crippen molar-refractivity contribution < 1.29 is 0 Å². The zero-order valence-corrected chi connectivity index (χ0v) is 13.2. The average Bonchev–Trinajstić information content (AvgIpc) is 2.78. The summed E-state index contributed by atoms with van der Waals surface area (Å²) in [4.78, 5) is 5.60. The summed E-state index contributed by atoms with van der Waals surface area (Å²) in [7, 11) is 2.14. The van der Waals surface area contributed by atoms with Crippen molar-refractivity contribution in [1.29, 1.82) is 0 Å². The summed E-state index contributed by atoms with van der Waals surface area (Å²) in [6, 6.07) is 6.27. The first kappa shape index (κ1) is 15.4. The van der Waals surface area contributed by atoms with Crippen LogP contribution in [0, 0.1) is 5.92 Å². The van der Waals surface area contributed by atoms with Crippen LogP contribution >= 0.6 is 11.6 Å². The lowest BCUT2D eigenvalue weighted by Crippen LogP contribution is -2.31. The molecule has 3 N–H and O–H groups in total. The fraction of sp³-hybridized carbons (Fsp3) is 0.500. The minimum Gasteiger partial charge on any atom is -0.361 e. The molecule has 4 heteroatoms. The van der Waals surface area contributed by atoms with Crippen molar-refractivity contribution in [1.82, 2.24) is 9.88 Å². The molecule has 0 bridgehead atoms. The second-order valence-corrected chi connectivity index (χ2v) is 6.37. The number of benzene rings is 1. The van der Waals surface area contributed by atoms with Crippen molar-refractivity contribution in [2.45, 2.75) is 32.9 Å². The van der Waals surface area contributed by atoms with Crippen LogP contribution in [0.2, 0.25) is 5.02 Å². The first-order valence-corrected chi connectivity index (χ1v) is 7.55. The van der Waals surface area contributed by atoms with Gasteiger partial charge in [0.25, 0.3) is 0 Å². The molecule has 2 aromatic rings. The van der Waals surface area contributed by atoms with Gasteiger partial charge in [-0.15, -0.1) is 0 Å². The molecule has 1 heterocycles. The smallest absolute Gasteiger partial charge is 0.0472 e. The van der Waals surface area contributed by atoms with E-state index in [-0.39, 0.29) is 6.04 Å². The van der Waals surface area contributed by atoms with E-state index in [1.165, 1.54) is 10.9 Å². The van der Waals surface area contributed by atoms with Gasteiger partial charge in [-0.3, -0.25) is 0 Å². The molecule has 2 rings (SSSR count). The van der Waals surface area contributed by atoms with Gasteiger partial charge < -0.3 is 15.6 Å². The molecule has 3 nitrogen and oxygen atoms in total. The quantitative estimate of drug-likeness (QED) is 0.854. The Bertz CT molecular complexity index is 562. The van der Waals surface area contributed by atoms with Crippen molar-refractivity contribution in [2.75, 3.05) is 13.6 Å². The van der Waals surface area contributed by atoms with E-state index in [4.69, 9.17) is 17.3 Å². The topological polar surface area (TPSA) is 45.0 Å². The average molecular weight is 294 g/mol. The monoisotopic (exact) mass is 293 g/mol. The van der Waals surface area contributed by atoms with Gasteiger partial charge in [-0.1, -0.05) is 31.5 Å². The third-order valence-corrected chi connectivity index (χ3v) is 4.11. The van der Waals surface area contributed by atoms with E-state index in [1.807, 2.05) is 12.1 Å². The maximum Gasteiger partial charge on any atom is 0.0472 e. The predicted molar refractivity (Wildman–Crippen MR) is 87.1 cm³/mol. The third kappa shape index (κ3) is 3.75. The standard InChI is InChI=1S/C16H24ClN3/c1-11(2)15(18)6-7-20(3)10-12-9-19-16-8-13(17)4-5-14(12)16/h4-5,8-9,11,15,19H,6-7,10,18H2,1-3H3. The molecule has 110 valence electrons. The molecule has 20 heavy (non-hydrogen) atoms. The minimum atomic E-state index is 0.277. The lowest BCUT2D eigenvalue weighted by atomic mass is 10.0. The highest BCUT2D eigenvalue weighted by Gasteiger charge is 2.11. The molecule has 0 saturated heterocycles. The molecule has 1 atom stereocenters. The van der Waals surface area contributed by atoms with Gasteiger partial charge in [0.05, 0.1) is 0 Å². The Hall–Kier alpha value is -1.03. The molecule has 1 aromatic heterocycles. The Morgan fingerprint density at radius 3 is 2.80 bits per heavy atom. The number of rotatable bonds is 6. The molecule has 0 radical (unpaired) electrons. The largest absolute Gasteiger partial charge is 0.361 e. The zero-order chi connectivity index (χ0) is 14.7. The molecule has 0 amide bonds. The van der Waals surface area contributed by atoms with Crippen molar-refractivity contribution in [3.63, 3.8) is 0 Å². The molecule has 1 unspecified atom stereocenters. The van der Waals surface area contributed by atoms with Crippen molar-refractivity contribution in [3.05, 3.63) is 35.0 Å². The Labute approximate surface area is 126 Å². The molecule has 0 aliphatic rings. The van der Waals surface area contributed by atoms with Gasteiger partial charge in [-0.2, -0.15) is 0 Å². The number of hydrogen-bond donors (Lipinski definition) is 2. The fourth-order valence-corrected chi connectivity index (χ4v) is 2.53. The highest BCUT2D eigenvalue weighted by molar-refractivity contribution is 6.31. The van der Waals surface area contributed by atoms with Gasteiger partial charge >= 0.3 is 0 Å². The van der Waals surface area contributed by atoms with E-state index in [2.05, 4.69) is 43.0 Å². The van der Waals surface area contributed by atoms with Crippen LogP contribution in [0.15, 0.2) is 24.4 Å². The van der Waals surface area contributed by atoms with Gasteiger partial charge in [0.15, 0.2) is 0 Å². The lowest BCUT2D eigenvalue weighted by Gasteiger charge is -2.21. The van der Waals surface area contributed by atoms with Crippen molar-refractivity contribution in [2.24, 2.45) is 11.7 Å². The highest BCUT2D eigenvalue weighted by atomic mass is 35.5. The first-order valence-electron chi connectivity index (χ1n) is 7.17. The van der Waals surface area contributed by atoms with Crippen molar-refractivity contribution in [3.8, 4) is 0 Å². The van der Waals surface area contributed by atoms with E-state index in [1.54, 1.807) is 0 Å². The number of nitrogens with zero attached hydrogens (tertiary/aromatic N) is 1. The Balaban J connectivity index is 1.98. The van der Waals surface area contributed by atoms with Gasteiger partial charge in [0, 0.05) is 34.7 Å². The summed E-state index contributed by atoms with van der Waals surface area (Å²) in [5.41, 5.74) is 8.50. The SMILES string of the molecule is CC(C)C(N)CCN(C)Cc1c[nH]c2cc(Cl)ccc12. The highest BCUT2D eigenvalue weighted by Crippen LogP contribution is 2.23. The minimum absolute atomic E-state index is 0.277. The van der Waals surface area contributed by atoms with Crippen LogP contribution in [-0.2, 0) is 6.54 Å². The number of nitrogens with two attached hydrogens (primary N) is 1. The van der Waals surface area contributed by atoms with E-state index in [0.29, 0.717) is 5.92 Å². The van der Waals surface area contributed by atoms with Gasteiger partial charge in [-0.05, 0) is 43.6 Å². The number of fused-ring (bicyclic) bond motifs is 1. The maximum absolute atomic E-state index is 6.10. The Morgan fingerprint density at radius 2 is 2.10 bits per heavy atom. The molecule has 1 aromatic carbocycles. The summed E-state index contributed by atoms with van der Waals surface area (Å²) in [6.07, 6.45) is 3.10.